The molecule has 5 rings (SSSR count). The lowest BCUT2D eigenvalue weighted by Gasteiger charge is -2.11. The maximum Gasteiger partial charge on any atom is 0.231 e. The lowest BCUT2D eigenvalue weighted by Crippen LogP contribution is -2.12. The Kier molecular flexibility index (Phi) is 6.34. The zero-order valence-electron chi connectivity index (χ0n) is 19.0. The van der Waals surface area contributed by atoms with E-state index in [-0.39, 0.29) is 23.9 Å². The van der Waals surface area contributed by atoms with Gasteiger partial charge in [-0.15, -0.1) is 0 Å². The van der Waals surface area contributed by atoms with Crippen LogP contribution in [0.2, 0.25) is 0 Å². The normalized spacial score (nSPS) is 13.4. The summed E-state index contributed by atoms with van der Waals surface area (Å²) < 4.78 is 12.6. The summed E-state index contributed by atoms with van der Waals surface area (Å²) in [6.45, 7) is 1.72. The summed E-state index contributed by atoms with van der Waals surface area (Å²) >= 11 is 3.36. The number of hydrogen-bond donors (Lipinski definition) is 0. The summed E-state index contributed by atoms with van der Waals surface area (Å²) in [6, 6.07) is 28.6. The molecule has 0 fully saturated rings. The first-order chi connectivity index (χ1) is 17.0. The van der Waals surface area contributed by atoms with Gasteiger partial charge in [0.05, 0.1) is 5.56 Å². The monoisotopic (exact) mass is 524 g/mol. The van der Waals surface area contributed by atoms with E-state index in [1.54, 1.807) is 30.3 Å². The van der Waals surface area contributed by atoms with Gasteiger partial charge in [0.2, 0.25) is 5.78 Å². The van der Waals surface area contributed by atoms with E-state index in [1.807, 2.05) is 61.5 Å². The number of ether oxygens (including phenoxy) is 2. The topological polar surface area (TPSA) is 52.6 Å². The quantitative estimate of drug-likeness (QED) is 0.196. The van der Waals surface area contributed by atoms with Gasteiger partial charge in [-0.1, -0.05) is 82.7 Å². The molecule has 4 aromatic rings. The van der Waals surface area contributed by atoms with E-state index in [9.17, 15) is 9.59 Å². The molecule has 0 saturated heterocycles. The number of rotatable bonds is 6. The van der Waals surface area contributed by atoms with Crippen LogP contribution in [0.5, 0.6) is 11.5 Å². The van der Waals surface area contributed by atoms with Crippen LogP contribution in [0.25, 0.3) is 17.2 Å². The smallest absolute Gasteiger partial charge is 0.231 e. The van der Waals surface area contributed by atoms with Gasteiger partial charge < -0.3 is 9.47 Å². The highest BCUT2D eigenvalue weighted by Crippen LogP contribution is 2.39. The Morgan fingerprint density at radius 3 is 2.29 bits per heavy atom. The van der Waals surface area contributed by atoms with Crippen molar-refractivity contribution in [2.24, 2.45) is 0 Å². The molecule has 0 amide bonds. The molecule has 0 bridgehead atoms. The second kappa shape index (κ2) is 9.72. The molecule has 1 heterocycles. The van der Waals surface area contributed by atoms with Gasteiger partial charge in [0, 0.05) is 15.6 Å². The number of Topliss-reactive ketones (excluding diaryl/α,β-unsaturated/α-hetero) is 2. The van der Waals surface area contributed by atoms with Crippen LogP contribution >= 0.6 is 15.9 Å². The molecule has 0 aliphatic carbocycles. The number of halogens is 1. The number of carbonyl (C=O) groups excluding carboxylic acids is 2. The van der Waals surface area contributed by atoms with Gasteiger partial charge in [0.25, 0.3) is 0 Å². The van der Waals surface area contributed by atoms with E-state index >= 15 is 0 Å². The summed E-state index contributed by atoms with van der Waals surface area (Å²) in [5.41, 5.74) is 4.85. The lowest BCUT2D eigenvalue weighted by atomic mass is 10.0. The third kappa shape index (κ3) is 4.81. The minimum absolute atomic E-state index is 0.105. The average molecular weight is 525 g/mol. The molecule has 0 atom stereocenters. The first-order valence-corrected chi connectivity index (χ1v) is 11.9. The van der Waals surface area contributed by atoms with Gasteiger partial charge in [-0.25, -0.2) is 0 Å². The molecule has 35 heavy (non-hydrogen) atoms. The largest absolute Gasteiger partial charge is 0.485 e. The van der Waals surface area contributed by atoms with E-state index in [2.05, 4.69) is 28.1 Å². The minimum atomic E-state index is -0.173. The van der Waals surface area contributed by atoms with Gasteiger partial charge in [0.15, 0.2) is 18.1 Å². The molecule has 172 valence electrons. The zero-order chi connectivity index (χ0) is 24.4. The fourth-order valence-electron chi connectivity index (χ4n) is 3.94. The number of allylic oxidation sites excluding steroid dienone is 1. The predicted octanol–water partition coefficient (Wildman–Crippen LogP) is 7.30. The van der Waals surface area contributed by atoms with Crippen LogP contribution in [-0.4, -0.2) is 18.2 Å². The second-order valence-corrected chi connectivity index (χ2v) is 9.13. The van der Waals surface area contributed by atoms with E-state index in [0.29, 0.717) is 28.2 Å². The molecule has 0 radical (unpaired) electrons. The Balaban J connectivity index is 1.31. The summed E-state index contributed by atoms with van der Waals surface area (Å²) in [7, 11) is 0. The van der Waals surface area contributed by atoms with Crippen molar-refractivity contribution in [2.75, 3.05) is 6.61 Å². The van der Waals surface area contributed by atoms with Crippen molar-refractivity contribution in [3.8, 4) is 22.6 Å². The Labute approximate surface area is 212 Å². The van der Waals surface area contributed by atoms with Crippen molar-refractivity contribution < 1.29 is 19.1 Å². The fraction of sp³-hybridized carbons (Fsp3) is 0.0667. The molecule has 1 aliphatic heterocycles. The molecule has 5 heteroatoms. The van der Waals surface area contributed by atoms with Crippen LogP contribution in [0.3, 0.4) is 0 Å². The number of benzene rings is 4. The van der Waals surface area contributed by atoms with Crippen molar-refractivity contribution in [3.63, 3.8) is 0 Å². The maximum atomic E-state index is 12.9. The molecule has 0 saturated carbocycles. The lowest BCUT2D eigenvalue weighted by molar-refractivity contribution is 0.0920. The van der Waals surface area contributed by atoms with Crippen molar-refractivity contribution in [2.45, 2.75) is 6.92 Å². The minimum Gasteiger partial charge on any atom is -0.485 e. The van der Waals surface area contributed by atoms with Crippen LogP contribution in [0.15, 0.2) is 101 Å². The highest BCUT2D eigenvalue weighted by molar-refractivity contribution is 9.10. The van der Waals surface area contributed by atoms with Crippen molar-refractivity contribution in [1.82, 2.24) is 0 Å². The van der Waals surface area contributed by atoms with Crippen LogP contribution in [-0.2, 0) is 0 Å². The number of ketones is 2. The Morgan fingerprint density at radius 2 is 1.57 bits per heavy atom. The SMILES string of the molecule is Cc1c(OCC(=O)c2ccc(Br)cc2)ccc2c1O/C(=C\c1ccc(-c3ccccc3)cc1)C2=O. The van der Waals surface area contributed by atoms with E-state index in [1.165, 1.54) is 0 Å². The third-order valence-corrected chi connectivity index (χ3v) is 6.41. The zero-order valence-corrected chi connectivity index (χ0v) is 20.5. The predicted molar refractivity (Wildman–Crippen MR) is 140 cm³/mol. The highest BCUT2D eigenvalue weighted by Gasteiger charge is 2.30. The van der Waals surface area contributed by atoms with E-state index < -0.39 is 0 Å². The Bertz CT molecular complexity index is 1440. The van der Waals surface area contributed by atoms with Crippen molar-refractivity contribution >= 4 is 33.6 Å². The number of carbonyl (C=O) groups is 2. The van der Waals surface area contributed by atoms with E-state index in [0.717, 1.165) is 21.2 Å². The summed E-state index contributed by atoms with van der Waals surface area (Å²) in [6.07, 6.45) is 1.74. The molecular weight excluding hydrogens is 504 g/mol. The molecule has 0 spiro atoms. The second-order valence-electron chi connectivity index (χ2n) is 8.21. The Morgan fingerprint density at radius 1 is 0.886 bits per heavy atom. The van der Waals surface area contributed by atoms with Gasteiger partial charge >= 0.3 is 0 Å². The van der Waals surface area contributed by atoms with Crippen LogP contribution < -0.4 is 9.47 Å². The third-order valence-electron chi connectivity index (χ3n) is 5.88. The molecule has 0 aromatic heterocycles. The number of hydrogen-bond acceptors (Lipinski definition) is 4. The van der Waals surface area contributed by atoms with Crippen molar-refractivity contribution in [1.29, 1.82) is 0 Å². The van der Waals surface area contributed by atoms with E-state index in [4.69, 9.17) is 9.47 Å². The highest BCUT2D eigenvalue weighted by atomic mass is 79.9. The van der Waals surface area contributed by atoms with Crippen LogP contribution in [0.4, 0.5) is 0 Å². The Hall–Kier alpha value is -3.96. The molecular formula is C30H21BrO4. The van der Waals surface area contributed by atoms with Crippen LogP contribution in [0.1, 0.15) is 31.8 Å². The number of fused-ring (bicyclic) bond motifs is 1. The first-order valence-electron chi connectivity index (χ1n) is 11.1. The fourth-order valence-corrected chi connectivity index (χ4v) is 4.20. The van der Waals surface area contributed by atoms with Crippen molar-refractivity contribution in [3.05, 3.63) is 123 Å². The molecule has 4 nitrogen and oxygen atoms in total. The molecule has 0 N–H and O–H groups in total. The van der Waals surface area contributed by atoms with Crippen LogP contribution in [0, 0.1) is 6.92 Å². The molecule has 1 aliphatic rings. The standard InChI is InChI=1S/C30H21BrO4/c1-19-27(34-18-26(32)23-11-13-24(31)14-12-23)16-15-25-29(33)28(35-30(19)25)17-20-7-9-22(10-8-20)21-5-3-2-4-6-21/h2-17H,18H2,1H3/b28-17-. The summed E-state index contributed by atoms with van der Waals surface area (Å²) in [5, 5.41) is 0. The van der Waals surface area contributed by atoms with Gasteiger partial charge in [-0.3, -0.25) is 9.59 Å². The van der Waals surface area contributed by atoms with Gasteiger partial charge in [-0.05, 0) is 54.0 Å². The van der Waals surface area contributed by atoms with Gasteiger partial charge in [-0.2, -0.15) is 0 Å². The molecule has 4 aromatic carbocycles. The summed E-state index contributed by atoms with van der Waals surface area (Å²) in [4.78, 5) is 25.4. The molecule has 0 unspecified atom stereocenters. The first kappa shape index (κ1) is 22.8. The average Bonchev–Trinajstić information content (AvgIpc) is 3.20. The summed E-state index contributed by atoms with van der Waals surface area (Å²) in [5.74, 6) is 0.937. The van der Waals surface area contributed by atoms with Gasteiger partial charge in [0.1, 0.15) is 11.5 Å². The maximum absolute atomic E-state index is 12.9.